The predicted octanol–water partition coefficient (Wildman–Crippen LogP) is 3.68. The van der Waals surface area contributed by atoms with Crippen LogP contribution in [0, 0.1) is 5.82 Å². The predicted molar refractivity (Wildman–Crippen MR) is 148 cm³/mol. The number of H-pyrrole nitrogens is 1. The third-order valence-corrected chi connectivity index (χ3v) is 7.14. The van der Waals surface area contributed by atoms with E-state index in [1.54, 1.807) is 12.1 Å². The minimum atomic E-state index is -3.72. The summed E-state index contributed by atoms with van der Waals surface area (Å²) in [6.45, 7) is 2.15. The molecular formula is C30H26F3N5O4. The molecule has 2 amide bonds. The number of hydrogen-bond donors (Lipinski definition) is 3. The van der Waals surface area contributed by atoms with Crippen molar-refractivity contribution in [3.8, 4) is 0 Å². The first kappa shape index (κ1) is 28.7. The van der Waals surface area contributed by atoms with E-state index in [0.29, 0.717) is 19.6 Å². The smallest absolute Gasteiger partial charge is 0.317 e. The van der Waals surface area contributed by atoms with Gasteiger partial charge in [-0.25, -0.2) is 15.0 Å². The number of hydroxylamine groups is 1. The third-order valence-electron chi connectivity index (χ3n) is 7.14. The second kappa shape index (κ2) is 12.0. The van der Waals surface area contributed by atoms with Crippen molar-refractivity contribution in [1.29, 1.82) is 0 Å². The summed E-state index contributed by atoms with van der Waals surface area (Å²) in [5.74, 6) is -5.95. The van der Waals surface area contributed by atoms with Gasteiger partial charge in [0.1, 0.15) is 11.5 Å². The zero-order valence-corrected chi connectivity index (χ0v) is 22.2. The van der Waals surface area contributed by atoms with Gasteiger partial charge in [0.15, 0.2) is 0 Å². The largest absolute Gasteiger partial charge is 0.336 e. The minimum absolute atomic E-state index is 0.0401. The van der Waals surface area contributed by atoms with Crippen LogP contribution in [0.3, 0.4) is 0 Å². The summed E-state index contributed by atoms with van der Waals surface area (Å²) in [6, 6.07) is 15.9. The molecular weight excluding hydrogens is 551 g/mol. The van der Waals surface area contributed by atoms with Crippen LogP contribution in [0.1, 0.15) is 32.7 Å². The Bertz CT molecular complexity index is 1710. The maximum absolute atomic E-state index is 15.7. The van der Waals surface area contributed by atoms with Crippen molar-refractivity contribution in [2.45, 2.75) is 12.5 Å². The molecule has 0 radical (unpaired) electrons. The van der Waals surface area contributed by atoms with Crippen LogP contribution in [-0.2, 0) is 17.3 Å². The van der Waals surface area contributed by atoms with Gasteiger partial charge >= 0.3 is 5.92 Å². The summed E-state index contributed by atoms with van der Waals surface area (Å²) in [4.78, 5) is 40.0. The molecule has 0 saturated carbocycles. The Morgan fingerprint density at radius 3 is 2.38 bits per heavy atom. The second-order valence-electron chi connectivity index (χ2n) is 9.84. The lowest BCUT2D eigenvalue weighted by molar-refractivity contribution is -0.124. The lowest BCUT2D eigenvalue weighted by Gasteiger charge is -2.35. The molecule has 1 aliphatic heterocycles. The lowest BCUT2D eigenvalue weighted by Crippen LogP contribution is -2.48. The van der Waals surface area contributed by atoms with Gasteiger partial charge < -0.3 is 4.90 Å². The Hall–Kier alpha value is -4.81. The average molecular weight is 578 g/mol. The van der Waals surface area contributed by atoms with E-state index in [-0.39, 0.29) is 23.9 Å². The van der Waals surface area contributed by atoms with Gasteiger partial charge in [0, 0.05) is 49.7 Å². The van der Waals surface area contributed by atoms with Crippen LogP contribution >= 0.6 is 0 Å². The fourth-order valence-electron chi connectivity index (χ4n) is 4.86. The number of hydrogen-bond acceptors (Lipinski definition) is 6. The molecule has 0 bridgehead atoms. The zero-order chi connectivity index (χ0) is 29.9. The van der Waals surface area contributed by atoms with Gasteiger partial charge in [-0.05, 0) is 41.5 Å². The van der Waals surface area contributed by atoms with Crippen molar-refractivity contribution in [3.63, 3.8) is 0 Å². The number of carbonyl (C=O) groups is 2. The number of nitrogens with one attached hydrogen (secondary N) is 2. The topological polar surface area (TPSA) is 119 Å². The molecule has 0 spiro atoms. The van der Waals surface area contributed by atoms with E-state index < -0.39 is 45.9 Å². The van der Waals surface area contributed by atoms with E-state index >= 15 is 8.78 Å². The van der Waals surface area contributed by atoms with Gasteiger partial charge in [-0.1, -0.05) is 42.5 Å². The van der Waals surface area contributed by atoms with Gasteiger partial charge in [-0.3, -0.25) is 24.5 Å². The van der Waals surface area contributed by atoms with Gasteiger partial charge in [-0.2, -0.15) is 13.9 Å². The van der Waals surface area contributed by atoms with Crippen molar-refractivity contribution in [1.82, 2.24) is 25.5 Å². The lowest BCUT2D eigenvalue weighted by atomic mass is 9.98. The summed E-state index contributed by atoms with van der Waals surface area (Å²) < 4.78 is 46.1. The molecule has 9 nitrogen and oxygen atoms in total. The van der Waals surface area contributed by atoms with E-state index in [1.165, 1.54) is 34.7 Å². The summed E-state index contributed by atoms with van der Waals surface area (Å²) in [5, 5.41) is 14.2. The highest BCUT2D eigenvalue weighted by atomic mass is 19.3. The number of aromatic amines is 1. The fraction of sp³-hybridized carbons (Fsp3) is 0.200. The molecule has 216 valence electrons. The number of piperazine rings is 1. The van der Waals surface area contributed by atoms with Gasteiger partial charge in [0.05, 0.1) is 10.9 Å². The molecule has 1 aromatic heterocycles. The van der Waals surface area contributed by atoms with Crippen LogP contribution in [0.5, 0.6) is 0 Å². The number of rotatable bonds is 7. The molecule has 12 heteroatoms. The maximum Gasteiger partial charge on any atom is 0.317 e. The van der Waals surface area contributed by atoms with E-state index in [0.717, 1.165) is 29.3 Å². The normalized spacial score (nSPS) is 14.4. The molecule has 1 saturated heterocycles. The SMILES string of the molecule is O=C(/C=C/c1ccc(CN2CCN(C(=O)c3cc(C(F)(F)c4n[nH]c(=O)c5ccccc45)ccc3F)CC2)cc1)NO. The number of amides is 2. The second-order valence-corrected chi connectivity index (χ2v) is 9.84. The van der Waals surface area contributed by atoms with Crippen LogP contribution in [0.2, 0.25) is 0 Å². The van der Waals surface area contributed by atoms with Crippen molar-refractivity contribution in [2.75, 3.05) is 26.2 Å². The van der Waals surface area contributed by atoms with Crippen LogP contribution in [0.15, 0.2) is 77.6 Å². The van der Waals surface area contributed by atoms with E-state index in [4.69, 9.17) is 5.21 Å². The van der Waals surface area contributed by atoms with E-state index in [2.05, 4.69) is 15.1 Å². The van der Waals surface area contributed by atoms with Crippen molar-refractivity contribution in [2.24, 2.45) is 0 Å². The number of aromatic nitrogens is 2. The number of carbonyl (C=O) groups excluding carboxylic acids is 2. The van der Waals surface area contributed by atoms with Gasteiger partial charge in [-0.15, -0.1) is 0 Å². The molecule has 4 aromatic rings. The highest BCUT2D eigenvalue weighted by Gasteiger charge is 2.39. The van der Waals surface area contributed by atoms with Crippen LogP contribution in [0.25, 0.3) is 16.8 Å². The molecule has 3 N–H and O–H groups in total. The number of benzene rings is 3. The Morgan fingerprint density at radius 2 is 1.69 bits per heavy atom. The van der Waals surface area contributed by atoms with Crippen molar-refractivity contribution in [3.05, 3.63) is 117 Å². The molecule has 1 fully saturated rings. The maximum atomic E-state index is 15.7. The molecule has 42 heavy (non-hydrogen) atoms. The summed E-state index contributed by atoms with van der Waals surface area (Å²) in [7, 11) is 0. The molecule has 2 heterocycles. The average Bonchev–Trinajstić information content (AvgIpc) is 3.01. The number of halogens is 3. The summed E-state index contributed by atoms with van der Waals surface area (Å²) in [6.07, 6.45) is 2.76. The molecule has 0 atom stereocenters. The van der Waals surface area contributed by atoms with Crippen LogP contribution in [0.4, 0.5) is 13.2 Å². The van der Waals surface area contributed by atoms with Crippen molar-refractivity contribution < 1.29 is 28.0 Å². The first-order valence-corrected chi connectivity index (χ1v) is 13.1. The van der Waals surface area contributed by atoms with Crippen LogP contribution < -0.4 is 11.0 Å². The molecule has 3 aromatic carbocycles. The summed E-state index contributed by atoms with van der Waals surface area (Å²) in [5.41, 5.74) is 0.904. The third kappa shape index (κ3) is 5.94. The fourth-order valence-corrected chi connectivity index (χ4v) is 4.86. The number of nitrogens with zero attached hydrogens (tertiary/aromatic N) is 3. The Labute approximate surface area is 237 Å². The Balaban J connectivity index is 1.27. The Kier molecular flexibility index (Phi) is 8.18. The standard InChI is InChI=1S/C30H26F3N5O4/c31-25-11-10-21(30(32,33)27-22-3-1-2-4-23(22)28(40)35-34-27)17-24(25)29(41)38-15-13-37(14-16-38)18-20-7-5-19(6-8-20)9-12-26(39)36-42/h1-12,17,42H,13-16,18H2,(H,35,40)(H,36,39)/b12-9+. The quantitative estimate of drug-likeness (QED) is 0.175. The van der Waals surface area contributed by atoms with Gasteiger partial charge in [0.2, 0.25) is 0 Å². The molecule has 0 aliphatic carbocycles. The molecule has 0 unspecified atom stereocenters. The van der Waals surface area contributed by atoms with E-state index in [1.807, 2.05) is 24.3 Å². The number of alkyl halides is 2. The number of fused-ring (bicyclic) bond motifs is 1. The highest BCUT2D eigenvalue weighted by Crippen LogP contribution is 2.38. The van der Waals surface area contributed by atoms with Crippen molar-refractivity contribution >= 4 is 28.7 Å². The van der Waals surface area contributed by atoms with Crippen LogP contribution in [-0.4, -0.2) is 63.2 Å². The zero-order valence-electron chi connectivity index (χ0n) is 22.2. The first-order chi connectivity index (χ1) is 20.2. The molecule has 1 aliphatic rings. The van der Waals surface area contributed by atoms with E-state index in [9.17, 15) is 18.8 Å². The monoisotopic (exact) mass is 577 g/mol. The highest BCUT2D eigenvalue weighted by molar-refractivity contribution is 5.95. The first-order valence-electron chi connectivity index (χ1n) is 13.1. The summed E-state index contributed by atoms with van der Waals surface area (Å²) >= 11 is 0. The Morgan fingerprint density at radius 1 is 1.00 bits per heavy atom. The molecule has 5 rings (SSSR count). The minimum Gasteiger partial charge on any atom is -0.336 e. The van der Waals surface area contributed by atoms with Gasteiger partial charge in [0.25, 0.3) is 17.4 Å².